The molecular formula is C29H22N4O3. The fraction of sp³-hybridized carbons (Fsp3) is 0.0690. The number of benzene rings is 3. The number of aromatic nitrogens is 3. The van der Waals surface area contributed by atoms with Gasteiger partial charge in [0.1, 0.15) is 17.7 Å². The lowest BCUT2D eigenvalue weighted by molar-refractivity contribution is 0.0958. The van der Waals surface area contributed by atoms with Crippen LogP contribution in [0.1, 0.15) is 16.1 Å². The van der Waals surface area contributed by atoms with Crippen LogP contribution in [0.25, 0.3) is 28.0 Å². The maximum atomic E-state index is 14.1. The van der Waals surface area contributed by atoms with Crippen LogP contribution < -0.4 is 10.1 Å². The number of nitrogens with one attached hydrogen (secondary N) is 1. The maximum absolute atomic E-state index is 14.1. The molecule has 0 amide bonds. The molecule has 3 heterocycles. The van der Waals surface area contributed by atoms with Gasteiger partial charge in [-0.1, -0.05) is 78.0 Å². The van der Waals surface area contributed by atoms with E-state index in [1.807, 2.05) is 84.9 Å². The Labute approximate surface area is 207 Å². The number of allylic oxidation sites excluding steroid dienone is 2. The molecular weight excluding hydrogens is 452 g/mol. The molecule has 2 aromatic heterocycles. The zero-order valence-corrected chi connectivity index (χ0v) is 19.5. The van der Waals surface area contributed by atoms with Crippen molar-refractivity contribution in [2.75, 3.05) is 12.4 Å². The van der Waals surface area contributed by atoms with E-state index < -0.39 is 0 Å². The number of rotatable bonds is 6. The Kier molecular flexibility index (Phi) is 5.42. The molecule has 5 aromatic rings. The van der Waals surface area contributed by atoms with E-state index in [0.29, 0.717) is 23.6 Å². The fourth-order valence-corrected chi connectivity index (χ4v) is 4.57. The quantitative estimate of drug-likeness (QED) is 0.328. The summed E-state index contributed by atoms with van der Waals surface area (Å²) in [5.74, 6) is 1.03. The molecule has 1 aliphatic rings. The first-order valence-electron chi connectivity index (χ1n) is 11.6. The van der Waals surface area contributed by atoms with Gasteiger partial charge in [0.25, 0.3) is 5.91 Å². The Morgan fingerprint density at radius 2 is 1.56 bits per heavy atom. The number of methoxy groups -OCH3 is 1. The van der Waals surface area contributed by atoms with Crippen LogP contribution in [0, 0.1) is 0 Å². The third-order valence-corrected chi connectivity index (χ3v) is 6.24. The first-order valence-corrected chi connectivity index (χ1v) is 11.6. The number of nitrogens with zero attached hydrogens (tertiary/aromatic N) is 3. The second-order valence-electron chi connectivity index (χ2n) is 8.39. The summed E-state index contributed by atoms with van der Waals surface area (Å²) < 4.78 is 11.9. The van der Waals surface area contributed by atoms with E-state index in [1.54, 1.807) is 13.2 Å². The molecule has 0 fully saturated rings. The molecule has 7 heteroatoms. The molecule has 3 aromatic carbocycles. The Morgan fingerprint density at radius 1 is 0.861 bits per heavy atom. The number of fused-ring (bicyclic) bond motifs is 1. The van der Waals surface area contributed by atoms with E-state index in [-0.39, 0.29) is 5.91 Å². The lowest BCUT2D eigenvalue weighted by Crippen LogP contribution is -2.26. The molecule has 0 saturated heterocycles. The predicted molar refractivity (Wildman–Crippen MR) is 137 cm³/mol. The minimum absolute atomic E-state index is 0.216. The molecule has 7 nitrogen and oxygen atoms in total. The molecule has 1 aliphatic heterocycles. The summed E-state index contributed by atoms with van der Waals surface area (Å²) >= 11 is 0. The summed E-state index contributed by atoms with van der Waals surface area (Å²) in [6.07, 6.45) is 1.94. The van der Waals surface area contributed by atoms with Gasteiger partial charge in [-0.2, -0.15) is 9.78 Å². The van der Waals surface area contributed by atoms with Gasteiger partial charge in [0.05, 0.1) is 18.4 Å². The summed E-state index contributed by atoms with van der Waals surface area (Å²) in [7, 11) is 1.61. The average Bonchev–Trinajstić information content (AvgIpc) is 3.58. The molecule has 0 unspecified atom stereocenters. The van der Waals surface area contributed by atoms with Gasteiger partial charge in [-0.15, -0.1) is 0 Å². The van der Waals surface area contributed by atoms with E-state index in [2.05, 4.69) is 10.5 Å². The number of carbonyl (C=O) groups is 1. The van der Waals surface area contributed by atoms with Crippen molar-refractivity contribution in [1.29, 1.82) is 0 Å². The van der Waals surface area contributed by atoms with Gasteiger partial charge in [-0.3, -0.25) is 4.79 Å². The number of anilines is 1. The third kappa shape index (κ3) is 3.76. The van der Waals surface area contributed by atoms with Crippen molar-refractivity contribution < 1.29 is 14.1 Å². The molecule has 0 bridgehead atoms. The van der Waals surface area contributed by atoms with Crippen LogP contribution in [0.15, 0.2) is 107 Å². The average molecular weight is 475 g/mol. The monoisotopic (exact) mass is 474 g/mol. The van der Waals surface area contributed by atoms with Crippen LogP contribution in [0.4, 0.5) is 5.82 Å². The first-order chi connectivity index (χ1) is 17.7. The molecule has 6 rings (SSSR count). The van der Waals surface area contributed by atoms with Crippen molar-refractivity contribution in [3.63, 3.8) is 0 Å². The standard InChI is InChI=1S/C29H22N4O3/c1-35-22-14-12-20(13-15-22)26-23(30-25-16-17-36-32-25)18-24-27(19-8-4-2-5-9-19)28(31-33(24)29(26)34)21-10-6-3-7-11-21/h2-17H,18H2,1H3,(H,30,32). The van der Waals surface area contributed by atoms with Gasteiger partial charge in [-0.05, 0) is 23.3 Å². The van der Waals surface area contributed by atoms with Gasteiger partial charge >= 0.3 is 0 Å². The Balaban J connectivity index is 1.56. The minimum atomic E-state index is -0.216. The largest absolute Gasteiger partial charge is 0.497 e. The predicted octanol–water partition coefficient (Wildman–Crippen LogP) is 5.93. The molecule has 0 spiro atoms. The zero-order chi connectivity index (χ0) is 24.5. The van der Waals surface area contributed by atoms with Crippen molar-refractivity contribution in [2.24, 2.45) is 0 Å². The highest BCUT2D eigenvalue weighted by atomic mass is 16.5. The van der Waals surface area contributed by atoms with Gasteiger partial charge in [0.2, 0.25) is 0 Å². The SMILES string of the molecule is COc1ccc(C2=C(Nc3ccon3)Cc3c(-c4ccccc4)c(-c4ccccc4)nn3C2=O)cc1. The second kappa shape index (κ2) is 9.03. The molecule has 176 valence electrons. The topological polar surface area (TPSA) is 82.2 Å². The van der Waals surface area contributed by atoms with Crippen LogP contribution in [-0.4, -0.2) is 28.0 Å². The molecule has 0 aliphatic carbocycles. The Bertz CT molecular complexity index is 1550. The van der Waals surface area contributed by atoms with E-state index >= 15 is 0 Å². The number of hydrogen-bond acceptors (Lipinski definition) is 6. The normalized spacial score (nSPS) is 13.0. The Morgan fingerprint density at radius 3 is 2.19 bits per heavy atom. The maximum Gasteiger partial charge on any atom is 0.280 e. The van der Waals surface area contributed by atoms with Crippen LogP contribution in [0.2, 0.25) is 0 Å². The summed E-state index contributed by atoms with van der Waals surface area (Å²) in [4.78, 5) is 14.1. The summed E-state index contributed by atoms with van der Waals surface area (Å²) in [5.41, 5.74) is 6.47. The minimum Gasteiger partial charge on any atom is -0.497 e. The zero-order valence-electron chi connectivity index (χ0n) is 19.5. The molecule has 0 radical (unpaired) electrons. The van der Waals surface area contributed by atoms with Crippen molar-refractivity contribution in [2.45, 2.75) is 6.42 Å². The van der Waals surface area contributed by atoms with Gasteiger partial charge in [0.15, 0.2) is 5.82 Å². The van der Waals surface area contributed by atoms with Gasteiger partial charge < -0.3 is 14.6 Å². The molecule has 0 saturated carbocycles. The van der Waals surface area contributed by atoms with E-state index in [1.165, 1.54) is 10.9 Å². The molecule has 0 atom stereocenters. The highest BCUT2D eigenvalue weighted by Crippen LogP contribution is 2.40. The number of hydrogen-bond donors (Lipinski definition) is 1. The number of carbonyl (C=O) groups excluding carboxylic acids is 1. The van der Waals surface area contributed by atoms with E-state index in [4.69, 9.17) is 14.4 Å². The van der Waals surface area contributed by atoms with Crippen molar-refractivity contribution in [3.05, 3.63) is 114 Å². The van der Waals surface area contributed by atoms with Gasteiger partial charge in [-0.25, -0.2) is 0 Å². The summed E-state index contributed by atoms with van der Waals surface area (Å²) in [6, 6.07) is 29.1. The molecule has 1 N–H and O–H groups in total. The second-order valence-corrected chi connectivity index (χ2v) is 8.39. The Hall–Kier alpha value is -4.91. The smallest absolute Gasteiger partial charge is 0.280 e. The van der Waals surface area contributed by atoms with E-state index in [9.17, 15) is 4.79 Å². The van der Waals surface area contributed by atoms with Crippen molar-refractivity contribution in [1.82, 2.24) is 14.9 Å². The lowest BCUT2D eigenvalue weighted by Gasteiger charge is -2.22. The van der Waals surface area contributed by atoms with Crippen LogP contribution in [0.3, 0.4) is 0 Å². The lowest BCUT2D eigenvalue weighted by atomic mass is 9.92. The highest BCUT2D eigenvalue weighted by Gasteiger charge is 2.33. The third-order valence-electron chi connectivity index (χ3n) is 6.24. The first kappa shape index (κ1) is 21.6. The van der Waals surface area contributed by atoms with Crippen LogP contribution >= 0.6 is 0 Å². The van der Waals surface area contributed by atoms with Crippen LogP contribution in [0.5, 0.6) is 5.75 Å². The number of ether oxygens (including phenoxy) is 1. The van der Waals surface area contributed by atoms with Gasteiger partial charge in [0, 0.05) is 29.3 Å². The fourth-order valence-electron chi connectivity index (χ4n) is 4.57. The van der Waals surface area contributed by atoms with E-state index in [0.717, 1.165) is 39.3 Å². The van der Waals surface area contributed by atoms with Crippen molar-refractivity contribution >= 4 is 17.3 Å². The van der Waals surface area contributed by atoms with Crippen LogP contribution in [-0.2, 0) is 6.42 Å². The highest BCUT2D eigenvalue weighted by molar-refractivity contribution is 6.23. The molecule has 36 heavy (non-hydrogen) atoms. The summed E-state index contributed by atoms with van der Waals surface area (Å²) in [6.45, 7) is 0. The summed E-state index contributed by atoms with van der Waals surface area (Å²) in [5, 5.41) is 12.2. The van der Waals surface area contributed by atoms with Crippen molar-refractivity contribution in [3.8, 4) is 28.1 Å².